The number of benzene rings is 2. The smallest absolute Gasteiger partial charge is 0.318 e. The summed E-state index contributed by atoms with van der Waals surface area (Å²) in [5, 5.41) is 12.3. The molecule has 4 rings (SSSR count). The highest BCUT2D eigenvalue weighted by molar-refractivity contribution is 7.89. The third kappa shape index (κ3) is 6.30. The molecule has 2 heterocycles. The van der Waals surface area contributed by atoms with Crippen LogP contribution in [-0.4, -0.2) is 60.5 Å². The summed E-state index contributed by atoms with van der Waals surface area (Å²) >= 11 is 0. The minimum Gasteiger partial charge on any atom is -0.487 e. The number of nitrogens with one attached hydrogen (secondary N) is 1. The molecule has 0 saturated carbocycles. The van der Waals surface area contributed by atoms with Gasteiger partial charge in [-0.15, -0.1) is 0 Å². The van der Waals surface area contributed by atoms with Crippen LogP contribution in [-0.2, 0) is 32.7 Å². The van der Waals surface area contributed by atoms with Crippen molar-refractivity contribution >= 4 is 16.0 Å². The van der Waals surface area contributed by atoms with E-state index >= 15 is 0 Å². The molecule has 1 saturated heterocycles. The molecular weight excluding hydrogens is 486 g/mol. The quantitative estimate of drug-likeness (QED) is 0.418. The summed E-state index contributed by atoms with van der Waals surface area (Å²) in [6, 6.07) is 14.7. The van der Waals surface area contributed by atoms with Crippen LogP contribution in [0.25, 0.3) is 11.5 Å². The zero-order valence-corrected chi connectivity index (χ0v) is 21.0. The van der Waals surface area contributed by atoms with E-state index in [9.17, 15) is 18.3 Å². The molecule has 192 valence electrons. The molecule has 10 nitrogen and oxygen atoms in total. The third-order valence-corrected chi connectivity index (χ3v) is 7.67. The topological polar surface area (TPSA) is 131 Å². The highest BCUT2D eigenvalue weighted by Gasteiger charge is 2.35. The van der Waals surface area contributed by atoms with Gasteiger partial charge in [-0.05, 0) is 43.7 Å². The van der Waals surface area contributed by atoms with Crippen molar-refractivity contribution in [2.24, 2.45) is 0 Å². The molecule has 1 aromatic heterocycles. The summed E-state index contributed by atoms with van der Waals surface area (Å²) < 4.78 is 44.1. The lowest BCUT2D eigenvalue weighted by atomic mass is 10.1. The van der Waals surface area contributed by atoms with Crippen molar-refractivity contribution < 1.29 is 32.2 Å². The van der Waals surface area contributed by atoms with Crippen LogP contribution in [0.5, 0.6) is 5.75 Å². The number of sulfonamides is 1. The van der Waals surface area contributed by atoms with Crippen molar-refractivity contribution in [3.05, 3.63) is 71.1 Å². The Labute approximate surface area is 209 Å². The van der Waals surface area contributed by atoms with E-state index in [1.54, 1.807) is 24.3 Å². The minimum atomic E-state index is -4.01. The number of ether oxygens (including phenoxy) is 2. The van der Waals surface area contributed by atoms with Gasteiger partial charge in [0.05, 0.1) is 6.61 Å². The SMILES string of the molecule is Cc1ccc(-c2nc(COc3cccc(CN(CC(=O)O)S(=O)(=O)C4CNCCO4)c3)c(C)o2)cc1. The monoisotopic (exact) mass is 515 g/mol. The zero-order chi connectivity index (χ0) is 25.7. The standard InChI is InChI=1S/C25H29N3O7S/c1-17-6-8-20(9-7-17)25-27-22(18(2)35-25)16-34-21-5-3-4-19(12-21)14-28(15-23(29)30)36(31,32)24-13-26-10-11-33-24/h3-9,12,24,26H,10-11,13-16H2,1-2H3,(H,29,30). The third-order valence-electron chi connectivity index (χ3n) is 5.72. The molecule has 1 aliphatic rings. The number of hydrogen-bond donors (Lipinski definition) is 2. The van der Waals surface area contributed by atoms with E-state index in [-0.39, 0.29) is 26.3 Å². The van der Waals surface area contributed by atoms with Gasteiger partial charge in [-0.3, -0.25) is 4.79 Å². The van der Waals surface area contributed by atoms with E-state index in [4.69, 9.17) is 13.9 Å². The van der Waals surface area contributed by atoms with E-state index in [0.29, 0.717) is 35.2 Å². The number of carboxylic acids is 1. The molecule has 36 heavy (non-hydrogen) atoms. The molecule has 1 fully saturated rings. The van der Waals surface area contributed by atoms with Crippen molar-refractivity contribution in [2.45, 2.75) is 32.4 Å². The van der Waals surface area contributed by atoms with Crippen LogP contribution in [0.4, 0.5) is 0 Å². The van der Waals surface area contributed by atoms with Crippen LogP contribution < -0.4 is 10.1 Å². The van der Waals surface area contributed by atoms with Crippen molar-refractivity contribution in [2.75, 3.05) is 26.2 Å². The summed E-state index contributed by atoms with van der Waals surface area (Å²) in [5.74, 6) is 0.394. The second-order valence-corrected chi connectivity index (χ2v) is 10.6. The van der Waals surface area contributed by atoms with Gasteiger partial charge in [-0.25, -0.2) is 13.4 Å². The van der Waals surface area contributed by atoms with Crippen molar-refractivity contribution in [3.63, 3.8) is 0 Å². The Bertz CT molecular complexity index is 1300. The fourth-order valence-corrected chi connectivity index (χ4v) is 5.30. The number of aromatic nitrogens is 1. The van der Waals surface area contributed by atoms with Gasteiger partial charge in [0.1, 0.15) is 30.4 Å². The van der Waals surface area contributed by atoms with E-state index in [1.165, 1.54) is 0 Å². The molecule has 11 heteroatoms. The molecular formula is C25H29N3O7S. The Morgan fingerprint density at radius 3 is 2.69 bits per heavy atom. The zero-order valence-electron chi connectivity index (χ0n) is 20.1. The van der Waals surface area contributed by atoms with E-state index < -0.39 is 28.0 Å². The highest BCUT2D eigenvalue weighted by Crippen LogP contribution is 2.24. The predicted octanol–water partition coefficient (Wildman–Crippen LogP) is 2.70. The minimum absolute atomic E-state index is 0.100. The first-order valence-electron chi connectivity index (χ1n) is 11.5. The molecule has 1 atom stereocenters. The lowest BCUT2D eigenvalue weighted by molar-refractivity contribution is -0.137. The molecule has 1 unspecified atom stereocenters. The van der Waals surface area contributed by atoms with Crippen molar-refractivity contribution in [1.82, 2.24) is 14.6 Å². The molecule has 0 radical (unpaired) electrons. The normalized spacial score (nSPS) is 16.2. The van der Waals surface area contributed by atoms with Gasteiger partial charge >= 0.3 is 5.97 Å². The van der Waals surface area contributed by atoms with Gasteiger partial charge in [0.2, 0.25) is 15.9 Å². The predicted molar refractivity (Wildman–Crippen MR) is 132 cm³/mol. The van der Waals surface area contributed by atoms with Gasteiger partial charge < -0.3 is 24.3 Å². The largest absolute Gasteiger partial charge is 0.487 e. The number of morpholine rings is 1. The molecule has 0 amide bonds. The fourth-order valence-electron chi connectivity index (χ4n) is 3.76. The summed E-state index contributed by atoms with van der Waals surface area (Å²) in [4.78, 5) is 16.0. The molecule has 2 N–H and O–H groups in total. The first kappa shape index (κ1) is 25.8. The average molecular weight is 516 g/mol. The highest BCUT2D eigenvalue weighted by atomic mass is 32.2. The Balaban J connectivity index is 1.46. The molecule has 0 spiro atoms. The summed E-state index contributed by atoms with van der Waals surface area (Å²) in [6.07, 6.45) is 0. The molecule has 3 aromatic rings. The van der Waals surface area contributed by atoms with Crippen LogP contribution in [0.15, 0.2) is 52.9 Å². The number of carboxylic acid groups (broad SMARTS) is 1. The maximum Gasteiger partial charge on any atom is 0.318 e. The fraction of sp³-hybridized carbons (Fsp3) is 0.360. The number of hydrogen-bond acceptors (Lipinski definition) is 8. The Kier molecular flexibility index (Phi) is 8.04. The number of aryl methyl sites for hydroxylation is 2. The maximum absolute atomic E-state index is 13.0. The van der Waals surface area contributed by atoms with Crippen LogP contribution in [0.2, 0.25) is 0 Å². The van der Waals surface area contributed by atoms with Gasteiger partial charge in [0.25, 0.3) is 0 Å². The summed E-state index contributed by atoms with van der Waals surface area (Å²) in [5.41, 5.74) is 2.10. The Morgan fingerprint density at radius 1 is 1.22 bits per heavy atom. The van der Waals surface area contributed by atoms with Crippen LogP contribution in [0, 0.1) is 13.8 Å². The van der Waals surface area contributed by atoms with Gasteiger partial charge in [-0.2, -0.15) is 4.31 Å². The van der Waals surface area contributed by atoms with E-state index in [1.807, 2.05) is 38.1 Å². The van der Waals surface area contributed by atoms with Crippen molar-refractivity contribution in [3.8, 4) is 17.2 Å². The summed E-state index contributed by atoms with van der Waals surface area (Å²) in [7, 11) is -4.01. The maximum atomic E-state index is 13.0. The second kappa shape index (κ2) is 11.2. The average Bonchev–Trinajstić information content (AvgIpc) is 3.23. The van der Waals surface area contributed by atoms with Gasteiger partial charge in [0, 0.05) is 25.2 Å². The molecule has 0 aliphatic carbocycles. The van der Waals surface area contributed by atoms with Crippen LogP contribution in [0.3, 0.4) is 0 Å². The second-order valence-electron chi connectivity index (χ2n) is 8.54. The molecule has 1 aliphatic heterocycles. The first-order chi connectivity index (χ1) is 17.2. The molecule has 0 bridgehead atoms. The number of nitrogens with zero attached hydrogens (tertiary/aromatic N) is 2. The Hall–Kier alpha value is -3.25. The number of carbonyl (C=O) groups is 1. The first-order valence-corrected chi connectivity index (χ1v) is 13.0. The number of oxazole rings is 1. The lowest BCUT2D eigenvalue weighted by Crippen LogP contribution is -2.49. The Morgan fingerprint density at radius 2 is 2.00 bits per heavy atom. The van der Waals surface area contributed by atoms with Crippen LogP contribution >= 0.6 is 0 Å². The van der Waals surface area contributed by atoms with Gasteiger partial charge in [-0.1, -0.05) is 29.8 Å². The molecule has 2 aromatic carbocycles. The summed E-state index contributed by atoms with van der Waals surface area (Å²) in [6.45, 7) is 4.06. The van der Waals surface area contributed by atoms with E-state index in [2.05, 4.69) is 10.3 Å². The van der Waals surface area contributed by atoms with E-state index in [0.717, 1.165) is 15.4 Å². The lowest BCUT2D eigenvalue weighted by Gasteiger charge is -2.29. The van der Waals surface area contributed by atoms with Gasteiger partial charge in [0.15, 0.2) is 5.44 Å². The number of rotatable bonds is 10. The number of aliphatic carboxylic acids is 1. The van der Waals surface area contributed by atoms with Crippen LogP contribution in [0.1, 0.15) is 22.6 Å². The van der Waals surface area contributed by atoms with Crippen molar-refractivity contribution in [1.29, 1.82) is 0 Å².